The lowest BCUT2D eigenvalue weighted by Crippen LogP contribution is -2.65. The van der Waals surface area contributed by atoms with Gasteiger partial charge in [0.1, 0.15) is 5.60 Å². The minimum Gasteiger partial charge on any atom is -0.457 e. The van der Waals surface area contributed by atoms with Crippen molar-refractivity contribution in [3.8, 4) is 0 Å². The fourth-order valence-electron chi connectivity index (χ4n) is 5.93. The second kappa shape index (κ2) is 8.57. The highest BCUT2D eigenvalue weighted by molar-refractivity contribution is 7.87. The third kappa shape index (κ3) is 4.42. The number of carbonyl (C=O) groups is 2. The van der Waals surface area contributed by atoms with Crippen LogP contribution in [0.3, 0.4) is 0 Å². The topological polar surface area (TPSA) is 125 Å². The van der Waals surface area contributed by atoms with Gasteiger partial charge in [0.2, 0.25) is 0 Å². The summed E-state index contributed by atoms with van der Waals surface area (Å²) in [5.74, 6) is -19.9. The van der Waals surface area contributed by atoms with E-state index in [0.717, 1.165) is 0 Å². The molecule has 4 bridgehead atoms. The normalized spacial score (nSPS) is 35.5. The molecular formula is C19H19F9O9S. The molecule has 0 aromatic rings. The Morgan fingerprint density at radius 1 is 0.947 bits per heavy atom. The minimum absolute atomic E-state index is 0.0668. The second-order valence-corrected chi connectivity index (χ2v) is 11.4. The Balaban J connectivity index is 1.43. The van der Waals surface area contributed by atoms with Crippen LogP contribution in [0.2, 0.25) is 0 Å². The number of alkyl halides is 9. The number of halogens is 9. The number of hydrogen-bond donors (Lipinski definition) is 1. The van der Waals surface area contributed by atoms with Crippen LogP contribution in [0.25, 0.3) is 0 Å². The van der Waals surface area contributed by atoms with Gasteiger partial charge in [0.15, 0.2) is 18.5 Å². The molecule has 3 atom stereocenters. The molecule has 1 aliphatic heterocycles. The standard InChI is InChI=1S/C19H19F9O9S/c20-15(21,18(24,25)19(26,27)28)7-34-12(29)11-6-35-16(36-11)9-1-8-2-10(16)5-14(3-8,4-9)37-13(30)17(22,23)38(31,32)33/h8-11H,1-7H2,(H,31,32,33). The average Bonchev–Trinajstić information content (AvgIpc) is 3.20. The van der Waals surface area contributed by atoms with Crippen LogP contribution < -0.4 is 0 Å². The summed E-state index contributed by atoms with van der Waals surface area (Å²) < 4.78 is 168. The van der Waals surface area contributed by atoms with Crippen LogP contribution in [0.5, 0.6) is 0 Å². The summed E-state index contributed by atoms with van der Waals surface area (Å²) in [5, 5.41) is -5.24. The smallest absolute Gasteiger partial charge is 0.457 e. The summed E-state index contributed by atoms with van der Waals surface area (Å²) in [6.45, 7) is -3.27. The first kappa shape index (κ1) is 29.1. The maximum Gasteiger partial charge on any atom is 0.465 e. The highest BCUT2D eigenvalue weighted by atomic mass is 32.2. The second-order valence-electron chi connectivity index (χ2n) is 9.93. The van der Waals surface area contributed by atoms with E-state index >= 15 is 0 Å². The van der Waals surface area contributed by atoms with Gasteiger partial charge in [-0.05, 0) is 38.0 Å². The Hall–Kier alpha value is -1.86. The van der Waals surface area contributed by atoms with Crippen molar-refractivity contribution < 1.29 is 81.0 Å². The molecule has 38 heavy (non-hydrogen) atoms. The van der Waals surface area contributed by atoms with E-state index in [2.05, 4.69) is 4.74 Å². The minimum atomic E-state index is -6.62. The van der Waals surface area contributed by atoms with Gasteiger partial charge in [0.05, 0.1) is 6.61 Å². The Labute approximate surface area is 207 Å². The van der Waals surface area contributed by atoms with Gasteiger partial charge < -0.3 is 18.9 Å². The van der Waals surface area contributed by atoms with Crippen LogP contribution in [0.4, 0.5) is 39.5 Å². The molecule has 1 saturated heterocycles. The summed E-state index contributed by atoms with van der Waals surface area (Å²) in [7, 11) is -6.13. The molecule has 218 valence electrons. The van der Waals surface area contributed by atoms with Crippen molar-refractivity contribution in [3.05, 3.63) is 0 Å². The van der Waals surface area contributed by atoms with Crippen LogP contribution in [0.15, 0.2) is 0 Å². The lowest BCUT2D eigenvalue weighted by molar-refractivity contribution is -0.360. The fourth-order valence-corrected chi connectivity index (χ4v) is 6.19. The molecule has 0 aromatic carbocycles. The Bertz CT molecular complexity index is 1090. The summed E-state index contributed by atoms with van der Waals surface area (Å²) in [6.07, 6.45) is -8.20. The van der Waals surface area contributed by atoms with Crippen LogP contribution in [-0.2, 0) is 38.7 Å². The quantitative estimate of drug-likeness (QED) is 0.269. The van der Waals surface area contributed by atoms with Crippen molar-refractivity contribution in [2.75, 3.05) is 13.2 Å². The molecule has 5 aliphatic rings. The molecule has 1 heterocycles. The molecule has 9 nitrogen and oxygen atoms in total. The zero-order valence-electron chi connectivity index (χ0n) is 18.8. The number of rotatable bonds is 7. The maximum atomic E-state index is 13.8. The number of carbonyl (C=O) groups excluding carboxylic acids is 2. The average molecular weight is 594 g/mol. The van der Waals surface area contributed by atoms with E-state index in [-0.39, 0.29) is 25.2 Å². The fraction of sp³-hybridized carbons (Fsp3) is 0.895. The molecule has 0 amide bonds. The van der Waals surface area contributed by atoms with Crippen molar-refractivity contribution in [1.29, 1.82) is 0 Å². The van der Waals surface area contributed by atoms with Crippen LogP contribution >= 0.6 is 0 Å². The van der Waals surface area contributed by atoms with E-state index in [1.54, 1.807) is 0 Å². The highest BCUT2D eigenvalue weighted by Gasteiger charge is 2.74. The third-order valence-electron chi connectivity index (χ3n) is 7.40. The summed E-state index contributed by atoms with van der Waals surface area (Å²) >= 11 is 0. The monoisotopic (exact) mass is 594 g/mol. The molecule has 4 aliphatic carbocycles. The van der Waals surface area contributed by atoms with E-state index in [1.807, 2.05) is 0 Å². The summed E-state index contributed by atoms with van der Waals surface area (Å²) in [5.41, 5.74) is -1.59. The molecule has 1 N–H and O–H groups in total. The Morgan fingerprint density at radius 2 is 1.50 bits per heavy atom. The van der Waals surface area contributed by atoms with E-state index in [1.165, 1.54) is 0 Å². The van der Waals surface area contributed by atoms with Crippen molar-refractivity contribution in [2.45, 2.75) is 72.9 Å². The van der Waals surface area contributed by atoms with E-state index < -0.39 is 87.9 Å². The number of ether oxygens (including phenoxy) is 4. The SMILES string of the molecule is O=C(OCC(F)(F)C(F)(F)C(F)(F)F)C1COC2(O1)C1CC3CC2CC(OC(=O)C(F)(F)S(=O)(=O)O)(C3)C1. The van der Waals surface area contributed by atoms with Gasteiger partial charge in [-0.3, -0.25) is 4.55 Å². The Morgan fingerprint density at radius 3 is 2.00 bits per heavy atom. The lowest BCUT2D eigenvalue weighted by Gasteiger charge is -2.62. The number of hydrogen-bond acceptors (Lipinski definition) is 8. The molecule has 5 rings (SSSR count). The van der Waals surface area contributed by atoms with Gasteiger partial charge in [-0.2, -0.15) is 47.9 Å². The van der Waals surface area contributed by atoms with Gasteiger partial charge in [0.25, 0.3) is 0 Å². The van der Waals surface area contributed by atoms with Crippen LogP contribution in [-0.4, -0.2) is 78.9 Å². The van der Waals surface area contributed by atoms with Crippen LogP contribution in [0.1, 0.15) is 32.1 Å². The lowest BCUT2D eigenvalue weighted by atomic mass is 9.51. The molecular weight excluding hydrogens is 575 g/mol. The molecule has 0 aromatic heterocycles. The number of esters is 2. The van der Waals surface area contributed by atoms with Crippen molar-refractivity contribution in [1.82, 2.24) is 0 Å². The highest BCUT2D eigenvalue weighted by Crippen LogP contribution is 2.64. The molecule has 3 unspecified atom stereocenters. The van der Waals surface area contributed by atoms with Gasteiger partial charge >= 0.3 is 45.3 Å². The van der Waals surface area contributed by atoms with Gasteiger partial charge in [0, 0.05) is 11.8 Å². The van der Waals surface area contributed by atoms with Gasteiger partial charge in [-0.15, -0.1) is 0 Å². The zero-order chi connectivity index (χ0) is 28.7. The first-order valence-electron chi connectivity index (χ1n) is 11.0. The van der Waals surface area contributed by atoms with E-state index in [4.69, 9.17) is 18.8 Å². The van der Waals surface area contributed by atoms with Gasteiger partial charge in [-0.25, -0.2) is 9.59 Å². The molecule has 1 spiro atoms. The Kier molecular flexibility index (Phi) is 6.57. The van der Waals surface area contributed by atoms with Crippen molar-refractivity contribution >= 4 is 22.1 Å². The van der Waals surface area contributed by atoms with Crippen molar-refractivity contribution in [3.63, 3.8) is 0 Å². The van der Waals surface area contributed by atoms with E-state index in [9.17, 15) is 57.5 Å². The van der Waals surface area contributed by atoms with Crippen molar-refractivity contribution in [2.24, 2.45) is 17.8 Å². The van der Waals surface area contributed by atoms with Crippen LogP contribution in [0, 0.1) is 17.8 Å². The summed E-state index contributed by atoms with van der Waals surface area (Å²) in [6, 6.07) is 0. The van der Waals surface area contributed by atoms with E-state index in [0.29, 0.717) is 12.8 Å². The largest absolute Gasteiger partial charge is 0.465 e. The molecule has 4 saturated carbocycles. The first-order chi connectivity index (χ1) is 17.1. The molecule has 0 radical (unpaired) electrons. The predicted molar refractivity (Wildman–Crippen MR) is 99.3 cm³/mol. The maximum absolute atomic E-state index is 13.8. The predicted octanol–water partition coefficient (Wildman–Crippen LogP) is 3.08. The molecule has 5 fully saturated rings. The molecule has 19 heteroatoms. The van der Waals surface area contributed by atoms with Gasteiger partial charge in [-0.1, -0.05) is 0 Å². The first-order valence-corrected chi connectivity index (χ1v) is 12.4. The summed E-state index contributed by atoms with van der Waals surface area (Å²) in [4.78, 5) is 24.1. The third-order valence-corrected chi connectivity index (χ3v) is 8.22. The zero-order valence-corrected chi connectivity index (χ0v) is 19.6.